The average molecular weight is 421 g/mol. The summed E-state index contributed by atoms with van der Waals surface area (Å²) in [7, 11) is 0. The molecule has 0 spiro atoms. The first-order valence-electron chi connectivity index (χ1n) is 10.4. The van der Waals surface area contributed by atoms with Crippen LogP contribution in [0.3, 0.4) is 0 Å². The first-order valence-corrected chi connectivity index (χ1v) is 10.8. The number of anilines is 1. The molecule has 0 aromatic carbocycles. The van der Waals surface area contributed by atoms with E-state index in [1.165, 1.54) is 12.8 Å². The highest BCUT2D eigenvalue weighted by Crippen LogP contribution is 2.39. The number of nitrogens with zero attached hydrogens (tertiary/aromatic N) is 5. The maximum absolute atomic E-state index is 14.8. The van der Waals surface area contributed by atoms with Crippen LogP contribution in [0.15, 0.2) is 6.20 Å². The van der Waals surface area contributed by atoms with Crippen LogP contribution in [0.1, 0.15) is 32.6 Å². The van der Waals surface area contributed by atoms with Crippen molar-refractivity contribution in [3.63, 3.8) is 0 Å². The molecule has 2 aromatic rings. The van der Waals surface area contributed by atoms with Gasteiger partial charge in [0, 0.05) is 31.9 Å². The summed E-state index contributed by atoms with van der Waals surface area (Å²) in [5.74, 6) is 0.0380. The number of nitrogens with one attached hydrogen (secondary N) is 1. The zero-order chi connectivity index (χ0) is 20.0. The van der Waals surface area contributed by atoms with Crippen molar-refractivity contribution in [2.24, 2.45) is 0 Å². The van der Waals surface area contributed by atoms with E-state index in [0.717, 1.165) is 45.6 Å². The van der Waals surface area contributed by atoms with Crippen molar-refractivity contribution in [1.29, 1.82) is 0 Å². The monoisotopic (exact) mass is 420 g/mol. The van der Waals surface area contributed by atoms with Gasteiger partial charge in [0.15, 0.2) is 11.0 Å². The van der Waals surface area contributed by atoms with Gasteiger partial charge in [-0.05, 0) is 45.7 Å². The number of hydrogen-bond donors (Lipinski definition) is 1. The molecule has 5 heterocycles. The van der Waals surface area contributed by atoms with Crippen LogP contribution in [0.5, 0.6) is 6.01 Å². The number of piperazine rings is 1. The Morgan fingerprint density at radius 3 is 2.83 bits per heavy atom. The number of aromatic nitrogens is 3. The Morgan fingerprint density at radius 2 is 2.07 bits per heavy atom. The molecule has 3 aliphatic rings. The molecule has 9 heteroatoms. The summed E-state index contributed by atoms with van der Waals surface area (Å²) in [6.07, 6.45) is 6.21. The Bertz CT molecular complexity index is 917. The van der Waals surface area contributed by atoms with Crippen LogP contribution in [0.2, 0.25) is 5.15 Å². The van der Waals surface area contributed by atoms with Gasteiger partial charge >= 0.3 is 6.01 Å². The van der Waals surface area contributed by atoms with E-state index in [4.69, 9.17) is 21.3 Å². The molecule has 5 rings (SSSR count). The highest BCUT2D eigenvalue weighted by molar-refractivity contribution is 6.30. The van der Waals surface area contributed by atoms with E-state index < -0.39 is 5.82 Å². The predicted molar refractivity (Wildman–Crippen MR) is 110 cm³/mol. The summed E-state index contributed by atoms with van der Waals surface area (Å²) < 4.78 is 20.9. The molecule has 2 aromatic heterocycles. The molecule has 3 saturated heterocycles. The van der Waals surface area contributed by atoms with Crippen LogP contribution in [0.4, 0.5) is 10.2 Å². The van der Waals surface area contributed by atoms with Crippen molar-refractivity contribution in [3.8, 4) is 6.01 Å². The lowest BCUT2D eigenvalue weighted by atomic mass is 9.95. The van der Waals surface area contributed by atoms with Gasteiger partial charge in [-0.2, -0.15) is 9.97 Å². The first-order chi connectivity index (χ1) is 14.1. The Labute approximate surface area is 174 Å². The van der Waals surface area contributed by atoms with Gasteiger partial charge in [-0.3, -0.25) is 4.90 Å². The first kappa shape index (κ1) is 19.2. The number of fused-ring (bicyclic) bond motifs is 2. The molecule has 0 amide bonds. The van der Waals surface area contributed by atoms with Crippen LogP contribution in [0, 0.1) is 5.82 Å². The fourth-order valence-corrected chi connectivity index (χ4v) is 5.23. The van der Waals surface area contributed by atoms with Crippen molar-refractivity contribution in [1.82, 2.24) is 25.2 Å². The molecular formula is C20H26ClFN6O. The van der Waals surface area contributed by atoms with Gasteiger partial charge in [-0.15, -0.1) is 0 Å². The summed E-state index contributed by atoms with van der Waals surface area (Å²) in [4.78, 5) is 17.7. The topological polar surface area (TPSA) is 66.4 Å². The standard InChI is InChI=1S/C20H26ClFN6O/c1-13-11-27(9-6-23-13)18-14-10-24-17(21)15(22)16(14)25-19(26-18)29-12-20-4-2-7-28(20)8-3-5-20/h10,13,23H,2-9,11-12H2,1H3. The third-order valence-electron chi connectivity index (χ3n) is 6.55. The van der Waals surface area contributed by atoms with Gasteiger partial charge in [-0.25, -0.2) is 9.37 Å². The lowest BCUT2D eigenvalue weighted by molar-refractivity contribution is 0.108. The summed E-state index contributed by atoms with van der Waals surface area (Å²) in [6.45, 7) is 7.30. The van der Waals surface area contributed by atoms with Crippen molar-refractivity contribution < 1.29 is 9.13 Å². The van der Waals surface area contributed by atoms with Crippen LogP contribution < -0.4 is 15.0 Å². The van der Waals surface area contributed by atoms with Gasteiger partial charge in [0.2, 0.25) is 0 Å². The lowest BCUT2D eigenvalue weighted by Gasteiger charge is -2.34. The van der Waals surface area contributed by atoms with Gasteiger partial charge in [0.05, 0.1) is 10.9 Å². The fraction of sp³-hybridized carbons (Fsp3) is 0.650. The molecule has 1 N–H and O–H groups in total. The molecule has 3 fully saturated rings. The number of halogens is 2. The minimum atomic E-state index is -0.623. The number of ether oxygens (including phenoxy) is 1. The Kier molecular flexibility index (Phi) is 4.96. The molecule has 156 valence electrons. The smallest absolute Gasteiger partial charge is 0.319 e. The summed E-state index contributed by atoms with van der Waals surface area (Å²) in [6, 6.07) is 0.528. The highest BCUT2D eigenvalue weighted by atomic mass is 35.5. The average Bonchev–Trinajstić information content (AvgIpc) is 3.29. The van der Waals surface area contributed by atoms with Crippen LogP contribution in [0.25, 0.3) is 10.9 Å². The molecule has 29 heavy (non-hydrogen) atoms. The normalized spacial score (nSPS) is 24.2. The SMILES string of the molecule is CC1CN(c2nc(OCC34CCCN3CCC4)nc3c(F)c(Cl)ncc23)CCN1. The highest BCUT2D eigenvalue weighted by Gasteiger charge is 2.45. The number of rotatable bonds is 4. The molecule has 0 radical (unpaired) electrons. The molecule has 0 saturated carbocycles. The molecule has 1 atom stereocenters. The second-order valence-electron chi connectivity index (χ2n) is 8.46. The summed E-state index contributed by atoms with van der Waals surface area (Å²) in [5.41, 5.74) is 0.250. The van der Waals surface area contributed by atoms with E-state index in [1.54, 1.807) is 6.20 Å². The van der Waals surface area contributed by atoms with Crippen molar-refractivity contribution in [2.45, 2.75) is 44.2 Å². The predicted octanol–water partition coefficient (Wildman–Crippen LogP) is 2.62. The third-order valence-corrected chi connectivity index (χ3v) is 6.81. The van der Waals surface area contributed by atoms with Crippen molar-refractivity contribution in [2.75, 3.05) is 44.2 Å². The second kappa shape index (κ2) is 7.49. The van der Waals surface area contributed by atoms with E-state index in [2.05, 4.69) is 32.0 Å². The quantitative estimate of drug-likeness (QED) is 0.762. The van der Waals surface area contributed by atoms with Crippen LogP contribution in [-0.4, -0.2) is 70.8 Å². The minimum Gasteiger partial charge on any atom is -0.461 e. The van der Waals surface area contributed by atoms with E-state index in [9.17, 15) is 4.39 Å². The van der Waals surface area contributed by atoms with Crippen LogP contribution in [-0.2, 0) is 0 Å². The zero-order valence-corrected chi connectivity index (χ0v) is 17.4. The maximum atomic E-state index is 14.8. The van der Waals surface area contributed by atoms with Crippen molar-refractivity contribution >= 4 is 28.3 Å². The summed E-state index contributed by atoms with van der Waals surface area (Å²) in [5, 5.41) is 3.80. The minimum absolute atomic E-state index is 0.0798. The molecule has 7 nitrogen and oxygen atoms in total. The molecule has 0 bridgehead atoms. The van der Waals surface area contributed by atoms with Gasteiger partial charge in [-0.1, -0.05) is 11.6 Å². The van der Waals surface area contributed by atoms with E-state index in [0.29, 0.717) is 23.9 Å². The van der Waals surface area contributed by atoms with Gasteiger partial charge in [0.25, 0.3) is 0 Å². The Morgan fingerprint density at radius 1 is 1.28 bits per heavy atom. The Balaban J connectivity index is 1.50. The number of hydrogen-bond acceptors (Lipinski definition) is 7. The fourth-order valence-electron chi connectivity index (χ4n) is 5.09. The lowest BCUT2D eigenvalue weighted by Crippen LogP contribution is -2.49. The van der Waals surface area contributed by atoms with Crippen molar-refractivity contribution in [3.05, 3.63) is 17.2 Å². The van der Waals surface area contributed by atoms with Crippen LogP contribution >= 0.6 is 11.6 Å². The van der Waals surface area contributed by atoms with Gasteiger partial charge in [0.1, 0.15) is 17.9 Å². The van der Waals surface area contributed by atoms with Gasteiger partial charge < -0.3 is 15.0 Å². The van der Waals surface area contributed by atoms with E-state index >= 15 is 0 Å². The zero-order valence-electron chi connectivity index (χ0n) is 16.6. The van der Waals surface area contributed by atoms with E-state index in [1.807, 2.05) is 0 Å². The summed E-state index contributed by atoms with van der Waals surface area (Å²) >= 11 is 5.94. The molecule has 3 aliphatic heterocycles. The molecular weight excluding hydrogens is 395 g/mol. The molecule has 0 aliphatic carbocycles. The largest absolute Gasteiger partial charge is 0.461 e. The number of pyridine rings is 1. The second-order valence-corrected chi connectivity index (χ2v) is 8.82. The third kappa shape index (κ3) is 3.41. The maximum Gasteiger partial charge on any atom is 0.319 e. The van der Waals surface area contributed by atoms with E-state index in [-0.39, 0.29) is 22.2 Å². The Hall–Kier alpha value is -1.77. The molecule has 1 unspecified atom stereocenters.